The Labute approximate surface area is 181 Å². The van der Waals surface area contributed by atoms with Crippen LogP contribution in [0.2, 0.25) is 5.02 Å². The molecule has 0 aliphatic carbocycles. The number of ether oxygens (including phenoxy) is 2. The average molecular weight is 451 g/mol. The van der Waals surface area contributed by atoms with Crippen LogP contribution in [-0.2, 0) is 15.7 Å². The van der Waals surface area contributed by atoms with Crippen LogP contribution in [0.5, 0.6) is 5.75 Å². The minimum atomic E-state index is -4.60. The van der Waals surface area contributed by atoms with E-state index in [9.17, 15) is 18.0 Å². The van der Waals surface area contributed by atoms with E-state index >= 15 is 0 Å². The zero-order chi connectivity index (χ0) is 22.0. The monoisotopic (exact) mass is 450 g/mol. The smallest absolute Gasteiger partial charge is 0.417 e. The fraction of sp³-hybridized carbons (Fsp3) is 0.273. The Morgan fingerprint density at radius 1 is 1.13 bits per heavy atom. The van der Waals surface area contributed by atoms with Gasteiger partial charge in [0.25, 0.3) is 5.91 Å². The lowest BCUT2D eigenvalue weighted by Crippen LogP contribution is -2.43. The molecule has 162 valence electrons. The molecule has 0 saturated carbocycles. The van der Waals surface area contributed by atoms with Crippen LogP contribution in [0.1, 0.15) is 5.56 Å². The molecule has 0 atom stereocenters. The molecular weight excluding hydrogens is 433 g/mol. The molecule has 2 heterocycles. The highest BCUT2D eigenvalue weighted by Gasteiger charge is 2.34. The first-order chi connectivity index (χ1) is 14.8. The highest BCUT2D eigenvalue weighted by atomic mass is 35.5. The van der Waals surface area contributed by atoms with E-state index in [-0.39, 0.29) is 29.2 Å². The molecule has 1 saturated heterocycles. The van der Waals surface area contributed by atoms with Crippen molar-refractivity contribution in [3.63, 3.8) is 0 Å². The third-order valence-corrected chi connectivity index (χ3v) is 5.21. The fourth-order valence-electron chi connectivity index (χ4n) is 3.41. The van der Waals surface area contributed by atoms with E-state index in [1.54, 1.807) is 29.2 Å². The summed E-state index contributed by atoms with van der Waals surface area (Å²) in [6.45, 7) is 1.29. The van der Waals surface area contributed by atoms with Crippen molar-refractivity contribution in [1.29, 1.82) is 0 Å². The second-order valence-corrected chi connectivity index (χ2v) is 7.43. The highest BCUT2D eigenvalue weighted by molar-refractivity contribution is 6.30. The zero-order valence-electron chi connectivity index (χ0n) is 16.3. The van der Waals surface area contributed by atoms with Crippen LogP contribution in [-0.4, -0.2) is 48.7 Å². The number of morpholine rings is 1. The van der Waals surface area contributed by atoms with Crippen LogP contribution in [0.25, 0.3) is 22.2 Å². The van der Waals surface area contributed by atoms with Crippen molar-refractivity contribution in [2.45, 2.75) is 6.18 Å². The third kappa shape index (κ3) is 4.75. The number of hydrogen-bond donors (Lipinski definition) is 0. The Bertz CT molecular complexity index is 1100. The van der Waals surface area contributed by atoms with E-state index < -0.39 is 11.7 Å². The van der Waals surface area contributed by atoms with Gasteiger partial charge < -0.3 is 14.4 Å². The van der Waals surface area contributed by atoms with Gasteiger partial charge in [0.1, 0.15) is 5.75 Å². The molecule has 5 nitrogen and oxygen atoms in total. The van der Waals surface area contributed by atoms with Crippen molar-refractivity contribution >= 4 is 28.4 Å². The minimum Gasteiger partial charge on any atom is -0.483 e. The summed E-state index contributed by atoms with van der Waals surface area (Å²) in [5, 5.41) is 0.346. The molecular formula is C22H18ClF3N2O3. The van der Waals surface area contributed by atoms with Crippen LogP contribution in [0.4, 0.5) is 13.2 Å². The molecule has 0 N–H and O–H groups in total. The number of aromatic nitrogens is 1. The van der Waals surface area contributed by atoms with Gasteiger partial charge in [0.05, 0.1) is 35.4 Å². The third-order valence-electron chi connectivity index (χ3n) is 4.96. The lowest BCUT2D eigenvalue weighted by Gasteiger charge is -2.27. The van der Waals surface area contributed by atoms with Gasteiger partial charge in [0.15, 0.2) is 6.61 Å². The van der Waals surface area contributed by atoms with E-state index in [1.807, 2.05) is 0 Å². The normalized spacial score (nSPS) is 14.6. The number of amides is 1. The number of carbonyl (C=O) groups is 1. The molecule has 31 heavy (non-hydrogen) atoms. The Hall–Kier alpha value is -2.84. The summed E-state index contributed by atoms with van der Waals surface area (Å²) in [6, 6.07) is 11.9. The van der Waals surface area contributed by atoms with E-state index in [2.05, 4.69) is 4.98 Å². The van der Waals surface area contributed by atoms with Crippen molar-refractivity contribution in [2.24, 2.45) is 0 Å². The summed E-state index contributed by atoms with van der Waals surface area (Å²) in [5.74, 6) is -0.365. The number of halogens is 4. The second-order valence-electron chi connectivity index (χ2n) is 6.99. The van der Waals surface area contributed by atoms with Crippen molar-refractivity contribution in [1.82, 2.24) is 9.88 Å². The first kappa shape index (κ1) is 21.4. The van der Waals surface area contributed by atoms with Gasteiger partial charge in [-0.05, 0) is 24.3 Å². The summed E-state index contributed by atoms with van der Waals surface area (Å²) in [5.41, 5.74) is 0.329. The number of nitrogens with zero attached hydrogens (tertiary/aromatic N) is 2. The molecule has 9 heteroatoms. The number of pyridine rings is 1. The fourth-order valence-corrected chi connectivity index (χ4v) is 3.54. The van der Waals surface area contributed by atoms with Crippen LogP contribution in [0.15, 0.2) is 48.5 Å². The number of rotatable bonds is 4. The van der Waals surface area contributed by atoms with E-state index in [4.69, 9.17) is 21.1 Å². The van der Waals surface area contributed by atoms with Crippen LogP contribution in [0.3, 0.4) is 0 Å². The maximum absolute atomic E-state index is 13.7. The molecule has 1 aliphatic rings. The molecule has 1 fully saturated rings. The lowest BCUT2D eigenvalue weighted by molar-refractivity contribution is -0.137. The Kier molecular flexibility index (Phi) is 6.02. The van der Waals surface area contributed by atoms with Gasteiger partial charge in [0.2, 0.25) is 0 Å². The Morgan fingerprint density at radius 2 is 1.84 bits per heavy atom. The van der Waals surface area contributed by atoms with E-state index in [1.165, 1.54) is 18.2 Å². The maximum atomic E-state index is 13.7. The SMILES string of the molecule is O=C(COc1cc(-c2ccc(Cl)cc2)nc2cccc(C(F)(F)F)c12)N1CCOCC1. The number of benzene rings is 2. The summed E-state index contributed by atoms with van der Waals surface area (Å²) in [4.78, 5) is 18.4. The van der Waals surface area contributed by atoms with Gasteiger partial charge in [-0.15, -0.1) is 0 Å². The predicted octanol–water partition coefficient (Wildman–Crippen LogP) is 4.81. The number of alkyl halides is 3. The molecule has 0 unspecified atom stereocenters. The molecule has 1 amide bonds. The lowest BCUT2D eigenvalue weighted by atomic mass is 10.0. The molecule has 0 bridgehead atoms. The van der Waals surface area contributed by atoms with Crippen molar-refractivity contribution < 1.29 is 27.4 Å². The standard InChI is InChI=1S/C22H18ClF3N2O3/c23-15-6-4-14(5-7-15)18-12-19(31-13-20(29)28-8-10-30-11-9-28)21-16(22(24,25)26)2-1-3-17(21)27-18/h1-7,12H,8-11,13H2. The summed E-state index contributed by atoms with van der Waals surface area (Å²) >= 11 is 5.93. The zero-order valence-corrected chi connectivity index (χ0v) is 17.0. The summed E-state index contributed by atoms with van der Waals surface area (Å²) in [7, 11) is 0. The van der Waals surface area contributed by atoms with Gasteiger partial charge in [-0.25, -0.2) is 4.98 Å². The van der Waals surface area contributed by atoms with Crippen LogP contribution < -0.4 is 4.74 Å². The molecule has 4 rings (SSSR count). The Balaban J connectivity index is 1.75. The van der Waals surface area contributed by atoms with Gasteiger partial charge in [-0.2, -0.15) is 13.2 Å². The van der Waals surface area contributed by atoms with Crippen LogP contribution >= 0.6 is 11.6 Å². The van der Waals surface area contributed by atoms with E-state index in [0.29, 0.717) is 42.6 Å². The van der Waals surface area contributed by atoms with Crippen molar-refractivity contribution in [3.05, 3.63) is 59.1 Å². The quantitative estimate of drug-likeness (QED) is 0.572. The molecule has 1 aliphatic heterocycles. The number of carbonyl (C=O) groups excluding carboxylic acids is 1. The van der Waals surface area contributed by atoms with Gasteiger partial charge in [-0.1, -0.05) is 29.8 Å². The largest absolute Gasteiger partial charge is 0.483 e. The number of fused-ring (bicyclic) bond motifs is 1. The predicted molar refractivity (Wildman–Crippen MR) is 110 cm³/mol. The molecule has 0 radical (unpaired) electrons. The average Bonchev–Trinajstić information content (AvgIpc) is 2.77. The molecule has 2 aromatic carbocycles. The maximum Gasteiger partial charge on any atom is 0.417 e. The van der Waals surface area contributed by atoms with Crippen molar-refractivity contribution in [2.75, 3.05) is 32.9 Å². The van der Waals surface area contributed by atoms with Crippen molar-refractivity contribution in [3.8, 4) is 17.0 Å². The molecule has 3 aromatic rings. The molecule has 1 aromatic heterocycles. The second kappa shape index (κ2) is 8.72. The topological polar surface area (TPSA) is 51.7 Å². The highest BCUT2D eigenvalue weighted by Crippen LogP contribution is 2.40. The number of hydrogen-bond acceptors (Lipinski definition) is 4. The van der Waals surface area contributed by atoms with Gasteiger partial charge in [-0.3, -0.25) is 4.79 Å². The first-order valence-electron chi connectivity index (χ1n) is 9.58. The summed E-state index contributed by atoms with van der Waals surface area (Å²) < 4.78 is 51.9. The first-order valence-corrected chi connectivity index (χ1v) is 9.96. The summed E-state index contributed by atoms with van der Waals surface area (Å²) in [6.07, 6.45) is -4.60. The Morgan fingerprint density at radius 3 is 2.52 bits per heavy atom. The molecule has 0 spiro atoms. The van der Waals surface area contributed by atoms with Gasteiger partial charge in [0, 0.05) is 29.7 Å². The minimum absolute atomic E-state index is 0.0514. The van der Waals surface area contributed by atoms with Crippen LogP contribution in [0, 0.1) is 0 Å². The van der Waals surface area contributed by atoms with E-state index in [0.717, 1.165) is 6.07 Å². The van der Waals surface area contributed by atoms with Gasteiger partial charge >= 0.3 is 6.18 Å².